The lowest BCUT2D eigenvalue weighted by molar-refractivity contribution is 0.174. The van der Waals surface area contributed by atoms with Gasteiger partial charge >= 0.3 is 6.03 Å². The number of hydrogen-bond acceptors (Lipinski definition) is 3. The highest BCUT2D eigenvalue weighted by atomic mass is 16.7. The zero-order chi connectivity index (χ0) is 11.7. The minimum Gasteiger partial charge on any atom is -0.454 e. The number of fused-ring (bicyclic) bond motifs is 1. The van der Waals surface area contributed by atoms with E-state index in [2.05, 4.69) is 10.6 Å². The Bertz CT molecular complexity index is 443. The molecule has 0 unspecified atom stereocenters. The van der Waals surface area contributed by atoms with E-state index < -0.39 is 0 Å². The summed E-state index contributed by atoms with van der Waals surface area (Å²) in [5.74, 6) is 2.07. The Kier molecular flexibility index (Phi) is 2.51. The lowest BCUT2D eigenvalue weighted by Crippen LogP contribution is -2.30. The van der Waals surface area contributed by atoms with E-state index in [1.165, 1.54) is 12.8 Å². The van der Waals surface area contributed by atoms with E-state index in [9.17, 15) is 4.79 Å². The molecule has 5 nitrogen and oxygen atoms in total. The van der Waals surface area contributed by atoms with Crippen molar-refractivity contribution >= 4 is 11.7 Å². The van der Waals surface area contributed by atoms with Gasteiger partial charge in [0.25, 0.3) is 0 Å². The van der Waals surface area contributed by atoms with E-state index in [1.54, 1.807) is 18.2 Å². The van der Waals surface area contributed by atoms with Crippen LogP contribution in [0.2, 0.25) is 0 Å². The summed E-state index contributed by atoms with van der Waals surface area (Å²) < 4.78 is 10.4. The largest absolute Gasteiger partial charge is 0.454 e. The fourth-order valence-electron chi connectivity index (χ4n) is 1.71. The molecule has 1 aromatic rings. The number of carbonyl (C=O) groups is 1. The number of carbonyl (C=O) groups excluding carboxylic acids is 1. The van der Waals surface area contributed by atoms with Crippen LogP contribution in [0.3, 0.4) is 0 Å². The van der Waals surface area contributed by atoms with Crippen LogP contribution in [0.25, 0.3) is 0 Å². The van der Waals surface area contributed by atoms with Crippen LogP contribution < -0.4 is 20.1 Å². The van der Waals surface area contributed by atoms with Gasteiger partial charge in [-0.15, -0.1) is 0 Å². The standard InChI is InChI=1S/C12H14N2O3/c15-12(13-6-8-1-2-8)14-9-3-4-10-11(5-9)17-7-16-10/h3-5,8H,1-2,6-7H2,(H2,13,14,15). The van der Waals surface area contributed by atoms with E-state index in [0.29, 0.717) is 23.1 Å². The molecule has 0 atom stereocenters. The SMILES string of the molecule is O=C(NCC1CC1)Nc1ccc2c(c1)OCO2. The maximum atomic E-state index is 11.6. The molecule has 1 saturated carbocycles. The molecule has 0 aromatic heterocycles. The number of anilines is 1. The number of hydrogen-bond donors (Lipinski definition) is 2. The molecule has 1 aliphatic carbocycles. The molecule has 0 radical (unpaired) electrons. The molecular weight excluding hydrogens is 220 g/mol. The van der Waals surface area contributed by atoms with Gasteiger partial charge < -0.3 is 20.1 Å². The third-order valence-electron chi connectivity index (χ3n) is 2.88. The molecule has 0 bridgehead atoms. The van der Waals surface area contributed by atoms with Gasteiger partial charge in [-0.05, 0) is 30.9 Å². The molecule has 5 heteroatoms. The van der Waals surface area contributed by atoms with Gasteiger partial charge in [-0.2, -0.15) is 0 Å². The van der Waals surface area contributed by atoms with Gasteiger partial charge in [0.05, 0.1) is 0 Å². The van der Waals surface area contributed by atoms with Gasteiger partial charge in [0, 0.05) is 18.3 Å². The number of amides is 2. The first-order chi connectivity index (χ1) is 8.31. The summed E-state index contributed by atoms with van der Waals surface area (Å²) in [7, 11) is 0. The summed E-state index contributed by atoms with van der Waals surface area (Å²) in [5.41, 5.74) is 0.711. The summed E-state index contributed by atoms with van der Waals surface area (Å²) in [4.78, 5) is 11.6. The second-order valence-electron chi connectivity index (χ2n) is 4.35. The van der Waals surface area contributed by atoms with Crippen molar-refractivity contribution in [3.8, 4) is 11.5 Å². The predicted molar refractivity (Wildman–Crippen MR) is 62.3 cm³/mol. The lowest BCUT2D eigenvalue weighted by Gasteiger charge is -2.07. The van der Waals surface area contributed by atoms with Crippen molar-refractivity contribution in [1.29, 1.82) is 0 Å². The van der Waals surface area contributed by atoms with E-state index >= 15 is 0 Å². The molecule has 0 saturated heterocycles. The average molecular weight is 234 g/mol. The molecule has 0 spiro atoms. The van der Waals surface area contributed by atoms with Gasteiger partial charge in [-0.1, -0.05) is 0 Å². The molecule has 1 fully saturated rings. The molecule has 17 heavy (non-hydrogen) atoms. The Balaban J connectivity index is 1.58. The number of rotatable bonds is 3. The Morgan fingerprint density at radius 1 is 1.29 bits per heavy atom. The third kappa shape index (κ3) is 2.43. The Hall–Kier alpha value is -1.91. The van der Waals surface area contributed by atoms with Gasteiger partial charge in [-0.3, -0.25) is 0 Å². The molecule has 1 heterocycles. The van der Waals surface area contributed by atoms with E-state index in [-0.39, 0.29) is 12.8 Å². The smallest absolute Gasteiger partial charge is 0.319 e. The summed E-state index contributed by atoms with van der Waals surface area (Å²) in [5, 5.41) is 5.61. The minimum absolute atomic E-state index is 0.171. The van der Waals surface area contributed by atoms with Crippen LogP contribution in [0, 0.1) is 5.92 Å². The summed E-state index contributed by atoms with van der Waals surface area (Å²) in [6, 6.07) is 5.18. The molecule has 1 aliphatic heterocycles. The fraction of sp³-hybridized carbons (Fsp3) is 0.417. The highest BCUT2D eigenvalue weighted by Gasteiger charge is 2.21. The van der Waals surface area contributed by atoms with Crippen LogP contribution in [-0.2, 0) is 0 Å². The summed E-state index contributed by atoms with van der Waals surface area (Å²) in [6.07, 6.45) is 2.45. The van der Waals surface area contributed by atoms with Crippen LogP contribution in [0.5, 0.6) is 11.5 Å². The Labute approximate surface area is 99.1 Å². The Morgan fingerprint density at radius 2 is 2.12 bits per heavy atom. The summed E-state index contributed by atoms with van der Waals surface area (Å²) >= 11 is 0. The number of ether oxygens (including phenoxy) is 2. The van der Waals surface area contributed by atoms with Crippen molar-refractivity contribution in [1.82, 2.24) is 5.32 Å². The fourth-order valence-corrected chi connectivity index (χ4v) is 1.71. The second kappa shape index (κ2) is 4.16. The first-order valence-corrected chi connectivity index (χ1v) is 5.76. The number of urea groups is 1. The van der Waals surface area contributed by atoms with Crippen molar-refractivity contribution in [3.63, 3.8) is 0 Å². The molecular formula is C12H14N2O3. The zero-order valence-corrected chi connectivity index (χ0v) is 9.36. The topological polar surface area (TPSA) is 59.6 Å². The van der Waals surface area contributed by atoms with Gasteiger partial charge in [-0.25, -0.2) is 4.79 Å². The quantitative estimate of drug-likeness (QED) is 0.840. The predicted octanol–water partition coefficient (Wildman–Crippen LogP) is 1.95. The van der Waals surface area contributed by atoms with Gasteiger partial charge in [0.15, 0.2) is 11.5 Å². The van der Waals surface area contributed by atoms with Crippen molar-refractivity contribution in [3.05, 3.63) is 18.2 Å². The van der Waals surface area contributed by atoms with Gasteiger partial charge in [0.1, 0.15) is 0 Å². The van der Waals surface area contributed by atoms with Crippen molar-refractivity contribution in [2.45, 2.75) is 12.8 Å². The molecule has 90 valence electrons. The molecule has 2 amide bonds. The monoisotopic (exact) mass is 234 g/mol. The number of benzene rings is 1. The van der Waals surface area contributed by atoms with Gasteiger partial charge in [0.2, 0.25) is 6.79 Å². The van der Waals surface area contributed by atoms with Crippen molar-refractivity contribution < 1.29 is 14.3 Å². The molecule has 2 aliphatic rings. The van der Waals surface area contributed by atoms with E-state index in [1.807, 2.05) is 0 Å². The van der Waals surface area contributed by atoms with Crippen LogP contribution in [0.4, 0.5) is 10.5 Å². The summed E-state index contributed by atoms with van der Waals surface area (Å²) in [6.45, 7) is 1.00. The zero-order valence-electron chi connectivity index (χ0n) is 9.36. The molecule has 2 N–H and O–H groups in total. The maximum absolute atomic E-state index is 11.6. The average Bonchev–Trinajstić information content (AvgIpc) is 3.04. The van der Waals surface area contributed by atoms with Crippen LogP contribution in [-0.4, -0.2) is 19.4 Å². The maximum Gasteiger partial charge on any atom is 0.319 e. The lowest BCUT2D eigenvalue weighted by atomic mass is 10.3. The number of nitrogens with one attached hydrogen (secondary N) is 2. The van der Waals surface area contributed by atoms with Crippen molar-refractivity contribution in [2.24, 2.45) is 5.92 Å². The van der Waals surface area contributed by atoms with E-state index in [0.717, 1.165) is 6.54 Å². The van der Waals surface area contributed by atoms with E-state index in [4.69, 9.17) is 9.47 Å². The second-order valence-corrected chi connectivity index (χ2v) is 4.35. The molecule has 1 aromatic carbocycles. The Morgan fingerprint density at radius 3 is 2.94 bits per heavy atom. The van der Waals surface area contributed by atoms with Crippen LogP contribution in [0.1, 0.15) is 12.8 Å². The first kappa shape index (κ1) is 10.3. The molecule has 3 rings (SSSR count). The minimum atomic E-state index is -0.171. The van der Waals surface area contributed by atoms with Crippen LogP contribution >= 0.6 is 0 Å². The third-order valence-corrected chi connectivity index (χ3v) is 2.88. The van der Waals surface area contributed by atoms with Crippen molar-refractivity contribution in [2.75, 3.05) is 18.7 Å². The van der Waals surface area contributed by atoms with Crippen LogP contribution in [0.15, 0.2) is 18.2 Å². The normalized spacial score (nSPS) is 16.7. The highest BCUT2D eigenvalue weighted by molar-refractivity contribution is 5.89. The first-order valence-electron chi connectivity index (χ1n) is 5.76. The highest BCUT2D eigenvalue weighted by Crippen LogP contribution is 2.34.